The minimum absolute atomic E-state index is 0.199. The number of imidazole rings is 1. The van der Waals surface area contributed by atoms with E-state index in [1.54, 1.807) is 12.3 Å². The summed E-state index contributed by atoms with van der Waals surface area (Å²) in [7, 11) is 0. The highest BCUT2D eigenvalue weighted by molar-refractivity contribution is 5.98. The third-order valence-corrected chi connectivity index (χ3v) is 5.82. The molecule has 1 aliphatic rings. The highest BCUT2D eigenvalue weighted by Gasteiger charge is 2.17. The smallest absolute Gasteiger partial charge is 0.321 e. The van der Waals surface area contributed by atoms with Crippen molar-refractivity contribution in [2.24, 2.45) is 0 Å². The minimum Gasteiger partial charge on any atom is -0.379 e. The molecule has 5 rings (SSSR count). The number of hydrogen-bond acceptors (Lipinski definition) is 6. The van der Waals surface area contributed by atoms with Gasteiger partial charge in [-0.1, -0.05) is 6.07 Å². The molecule has 9 nitrogen and oxygen atoms in total. The topological polar surface area (TPSA) is 108 Å². The Labute approximate surface area is 201 Å². The number of carbonyl (C=O) groups is 1. The lowest BCUT2D eigenvalue weighted by molar-refractivity contribution is 0.0336. The average molecular weight is 476 g/mol. The lowest BCUT2D eigenvalue weighted by Gasteiger charge is -2.26. The number of nitrogens with zero attached hydrogens (tertiary/aromatic N) is 4. The van der Waals surface area contributed by atoms with E-state index in [-0.39, 0.29) is 17.7 Å². The van der Waals surface area contributed by atoms with Crippen molar-refractivity contribution in [3.05, 3.63) is 60.3 Å². The van der Waals surface area contributed by atoms with Gasteiger partial charge in [0.2, 0.25) is 5.95 Å². The fourth-order valence-corrected chi connectivity index (χ4v) is 4.10. The molecule has 180 valence electrons. The maximum absolute atomic E-state index is 14.7. The number of halogens is 1. The van der Waals surface area contributed by atoms with E-state index in [0.29, 0.717) is 23.1 Å². The summed E-state index contributed by atoms with van der Waals surface area (Å²) < 4.78 is 20.1. The quantitative estimate of drug-likeness (QED) is 0.392. The number of aromatic nitrogens is 4. The first kappa shape index (κ1) is 22.9. The van der Waals surface area contributed by atoms with Crippen LogP contribution in [0.4, 0.5) is 15.1 Å². The Bertz CT molecular complexity index is 1330. The van der Waals surface area contributed by atoms with E-state index in [9.17, 15) is 9.18 Å². The van der Waals surface area contributed by atoms with Crippen LogP contribution in [0.3, 0.4) is 0 Å². The van der Waals surface area contributed by atoms with Gasteiger partial charge in [-0.05, 0) is 42.8 Å². The van der Waals surface area contributed by atoms with Crippen molar-refractivity contribution in [3.63, 3.8) is 0 Å². The molecule has 1 aromatic carbocycles. The molecule has 0 saturated carbocycles. The van der Waals surface area contributed by atoms with Gasteiger partial charge in [0.15, 0.2) is 0 Å². The molecule has 0 aliphatic carbocycles. The van der Waals surface area contributed by atoms with E-state index in [2.05, 4.69) is 35.5 Å². The average Bonchev–Trinajstić information content (AvgIpc) is 3.27. The molecular weight excluding hydrogens is 449 g/mol. The molecule has 1 aliphatic heterocycles. The fraction of sp³-hybridized carbons (Fsp3) is 0.280. The van der Waals surface area contributed by atoms with Crippen molar-refractivity contribution in [3.8, 4) is 22.4 Å². The van der Waals surface area contributed by atoms with Crippen molar-refractivity contribution in [1.29, 1.82) is 0 Å². The third-order valence-electron chi connectivity index (χ3n) is 5.82. The van der Waals surface area contributed by atoms with Crippen LogP contribution < -0.4 is 10.6 Å². The zero-order chi connectivity index (χ0) is 24.2. The van der Waals surface area contributed by atoms with Crippen LogP contribution in [0.15, 0.2) is 48.8 Å². The second kappa shape index (κ2) is 10.2. The Morgan fingerprint density at radius 3 is 2.77 bits per heavy atom. The standard InChI is InChI=1S/C25H26FN7O2/c1-2-27-25(34)32-24-30-21-13-17(12-19(23(21)31-24)22-20(26)4-3-7-28-22)16-5-6-18(29-14-16)15-33-8-10-35-11-9-33/h3-7,12-14H,2,8-11,15H2,1H3,(H3,27,30,31,32,34). The maximum Gasteiger partial charge on any atom is 0.321 e. The molecule has 0 atom stereocenters. The Morgan fingerprint density at radius 2 is 2.03 bits per heavy atom. The first-order valence-electron chi connectivity index (χ1n) is 11.6. The molecule has 10 heteroatoms. The van der Waals surface area contributed by atoms with Crippen LogP contribution in [0, 0.1) is 5.82 Å². The molecule has 2 amide bonds. The summed E-state index contributed by atoms with van der Waals surface area (Å²) in [6.45, 7) is 6.34. The highest BCUT2D eigenvalue weighted by atomic mass is 19.1. The number of rotatable bonds is 6. The number of amides is 2. The summed E-state index contributed by atoms with van der Waals surface area (Å²) in [5, 5.41) is 5.34. The fourth-order valence-electron chi connectivity index (χ4n) is 4.10. The molecule has 3 N–H and O–H groups in total. The summed E-state index contributed by atoms with van der Waals surface area (Å²) in [5.74, 6) is -0.183. The molecule has 35 heavy (non-hydrogen) atoms. The summed E-state index contributed by atoms with van der Waals surface area (Å²) in [4.78, 5) is 30.8. The zero-order valence-electron chi connectivity index (χ0n) is 19.3. The molecule has 0 bridgehead atoms. The Morgan fingerprint density at radius 1 is 1.17 bits per heavy atom. The number of urea groups is 1. The molecule has 1 fully saturated rings. The summed E-state index contributed by atoms with van der Waals surface area (Å²) in [5.41, 5.74) is 4.56. The van der Waals surface area contributed by atoms with Gasteiger partial charge in [-0.2, -0.15) is 0 Å². The van der Waals surface area contributed by atoms with Gasteiger partial charge in [-0.25, -0.2) is 14.2 Å². The zero-order valence-corrected chi connectivity index (χ0v) is 19.3. The summed E-state index contributed by atoms with van der Waals surface area (Å²) >= 11 is 0. The predicted molar refractivity (Wildman–Crippen MR) is 131 cm³/mol. The first-order chi connectivity index (χ1) is 17.1. The molecule has 0 spiro atoms. The molecule has 3 aromatic heterocycles. The molecule has 1 saturated heterocycles. The summed E-state index contributed by atoms with van der Waals surface area (Å²) in [6.07, 6.45) is 3.36. The number of anilines is 1. The van der Waals surface area contributed by atoms with Gasteiger partial charge < -0.3 is 15.0 Å². The van der Waals surface area contributed by atoms with Crippen LogP contribution in [0.1, 0.15) is 12.6 Å². The molecule has 0 radical (unpaired) electrons. The van der Waals surface area contributed by atoms with Crippen LogP contribution >= 0.6 is 0 Å². The Balaban J connectivity index is 1.51. The number of benzene rings is 1. The second-order valence-electron chi connectivity index (χ2n) is 8.25. The van der Waals surface area contributed by atoms with Crippen molar-refractivity contribution in [2.75, 3.05) is 38.2 Å². The second-order valence-corrected chi connectivity index (χ2v) is 8.25. The number of ether oxygens (including phenoxy) is 1. The molecular formula is C25H26FN7O2. The van der Waals surface area contributed by atoms with Gasteiger partial charge in [-0.15, -0.1) is 0 Å². The molecule has 4 heterocycles. The van der Waals surface area contributed by atoms with Gasteiger partial charge >= 0.3 is 6.03 Å². The Kier molecular flexibility index (Phi) is 6.64. The normalized spacial score (nSPS) is 14.2. The third kappa shape index (κ3) is 5.13. The number of fused-ring (bicyclic) bond motifs is 1. The van der Waals surface area contributed by atoms with Gasteiger partial charge in [0.1, 0.15) is 11.5 Å². The number of aromatic amines is 1. The van der Waals surface area contributed by atoms with Crippen molar-refractivity contribution < 1.29 is 13.9 Å². The van der Waals surface area contributed by atoms with Crippen LogP contribution in [-0.2, 0) is 11.3 Å². The van der Waals surface area contributed by atoms with Crippen molar-refractivity contribution >= 4 is 23.0 Å². The van der Waals surface area contributed by atoms with Crippen LogP contribution in [0.2, 0.25) is 0 Å². The highest BCUT2D eigenvalue weighted by Crippen LogP contribution is 2.34. The lowest BCUT2D eigenvalue weighted by Crippen LogP contribution is -2.35. The van der Waals surface area contributed by atoms with Crippen molar-refractivity contribution in [2.45, 2.75) is 13.5 Å². The van der Waals surface area contributed by atoms with Gasteiger partial charge in [0.25, 0.3) is 0 Å². The number of carbonyl (C=O) groups excluding carboxylic acids is 1. The van der Waals surface area contributed by atoms with Crippen molar-refractivity contribution in [1.82, 2.24) is 30.2 Å². The Hall–Kier alpha value is -3.89. The van der Waals surface area contributed by atoms with E-state index in [1.807, 2.05) is 37.4 Å². The predicted octanol–water partition coefficient (Wildman–Crippen LogP) is 3.80. The first-order valence-corrected chi connectivity index (χ1v) is 11.6. The monoisotopic (exact) mass is 475 g/mol. The maximum atomic E-state index is 14.7. The molecule has 0 unspecified atom stereocenters. The van der Waals surface area contributed by atoms with Crippen LogP contribution in [0.25, 0.3) is 33.4 Å². The number of nitrogens with one attached hydrogen (secondary N) is 3. The van der Waals surface area contributed by atoms with E-state index < -0.39 is 5.82 Å². The van der Waals surface area contributed by atoms with Gasteiger partial charge in [0, 0.05) is 49.7 Å². The SMILES string of the molecule is CCNC(=O)Nc1nc2cc(-c3ccc(CN4CCOCC4)nc3)cc(-c3ncccc3F)c2[nH]1. The van der Waals surface area contributed by atoms with E-state index in [0.717, 1.165) is 49.7 Å². The summed E-state index contributed by atoms with van der Waals surface area (Å²) in [6, 6.07) is 10.3. The number of hydrogen-bond donors (Lipinski definition) is 3. The van der Waals surface area contributed by atoms with E-state index >= 15 is 0 Å². The number of pyridine rings is 2. The number of H-pyrrole nitrogens is 1. The molecule has 4 aromatic rings. The van der Waals surface area contributed by atoms with E-state index in [1.165, 1.54) is 6.07 Å². The minimum atomic E-state index is -0.447. The van der Waals surface area contributed by atoms with Crippen LogP contribution in [0.5, 0.6) is 0 Å². The largest absolute Gasteiger partial charge is 0.379 e. The number of morpholine rings is 1. The van der Waals surface area contributed by atoms with E-state index in [4.69, 9.17) is 4.74 Å². The van der Waals surface area contributed by atoms with Crippen LogP contribution in [-0.4, -0.2) is 63.7 Å². The lowest BCUT2D eigenvalue weighted by atomic mass is 10.0. The van der Waals surface area contributed by atoms with Gasteiger partial charge in [-0.3, -0.25) is 20.2 Å². The van der Waals surface area contributed by atoms with Gasteiger partial charge in [0.05, 0.1) is 29.9 Å².